The highest BCUT2D eigenvalue weighted by atomic mass is 35.5. The van der Waals surface area contributed by atoms with Gasteiger partial charge in [-0.1, -0.05) is 63.2 Å². The third-order valence-electron chi connectivity index (χ3n) is 14.3. The van der Waals surface area contributed by atoms with Gasteiger partial charge >= 0.3 is 0 Å². The number of nitrogens with zero attached hydrogens (tertiary/aromatic N) is 5. The molecule has 3 aromatic heterocycles. The van der Waals surface area contributed by atoms with Gasteiger partial charge in [-0.15, -0.1) is 23.7 Å². The lowest BCUT2D eigenvalue weighted by molar-refractivity contribution is -0.144. The quantitative estimate of drug-likeness (QED) is 0.0258. The van der Waals surface area contributed by atoms with E-state index in [0.29, 0.717) is 44.2 Å². The number of hydrogen-bond donors (Lipinski definition) is 7. The first-order valence-electron chi connectivity index (χ1n) is 27.3. The number of β-amino-alcohol motifs (C(OH)–C–C–N with tert-alkyl or cyclic N) is 1. The third kappa shape index (κ3) is 16.6. The Bertz CT molecular complexity index is 2950. The van der Waals surface area contributed by atoms with Gasteiger partial charge in [0.1, 0.15) is 24.4 Å². The number of carbonyl (C=O) groups excluding carboxylic acids is 4. The molecule has 2 aliphatic heterocycles. The summed E-state index contributed by atoms with van der Waals surface area (Å²) in [6.45, 7) is 13.0. The van der Waals surface area contributed by atoms with Gasteiger partial charge in [0.2, 0.25) is 17.7 Å². The fourth-order valence-corrected chi connectivity index (χ4v) is 10.6. The lowest BCUT2D eigenvalue weighted by Gasteiger charge is -2.37. The molecule has 0 unspecified atom stereocenters. The Labute approximate surface area is 478 Å². The van der Waals surface area contributed by atoms with Gasteiger partial charge in [0.05, 0.1) is 40.4 Å². The van der Waals surface area contributed by atoms with Gasteiger partial charge < -0.3 is 50.8 Å². The molecule has 428 valence electrons. The zero-order valence-corrected chi connectivity index (χ0v) is 47.9. The van der Waals surface area contributed by atoms with E-state index >= 15 is 0 Å². The number of unbranched alkanes of at least 4 members (excludes halogenated alkanes) is 2. The number of piperidine rings is 1. The second kappa shape index (κ2) is 29.1. The van der Waals surface area contributed by atoms with Crippen molar-refractivity contribution in [3.63, 3.8) is 0 Å². The average molecular weight is 1130 g/mol. The van der Waals surface area contributed by atoms with E-state index in [4.69, 9.17) is 19.2 Å². The number of aliphatic hydroxyl groups excluding tert-OH is 1. The maximum absolute atomic E-state index is 14.0. The van der Waals surface area contributed by atoms with Crippen molar-refractivity contribution in [2.75, 3.05) is 58.0 Å². The molecule has 2 saturated heterocycles. The Kier molecular flexibility index (Phi) is 22.1. The second-order valence-corrected chi connectivity index (χ2v) is 22.3. The van der Waals surface area contributed by atoms with E-state index in [1.54, 1.807) is 23.7 Å². The first-order chi connectivity index (χ1) is 38.2. The molecule has 4 atom stereocenters. The van der Waals surface area contributed by atoms with Crippen LogP contribution in [-0.2, 0) is 35.9 Å². The summed E-state index contributed by atoms with van der Waals surface area (Å²) in [6, 6.07) is 24.9. The van der Waals surface area contributed by atoms with Crippen LogP contribution in [0.25, 0.3) is 21.8 Å². The van der Waals surface area contributed by atoms with E-state index in [9.17, 15) is 24.3 Å². The van der Waals surface area contributed by atoms with Crippen LogP contribution >= 0.6 is 23.7 Å². The summed E-state index contributed by atoms with van der Waals surface area (Å²) in [7, 11) is 0. The average Bonchev–Trinajstić information content (AvgIpc) is 4.26. The number of benzene rings is 3. The predicted molar refractivity (Wildman–Crippen MR) is 310 cm³/mol. The molecule has 2 fully saturated rings. The number of carbonyl (C=O) groups is 4. The van der Waals surface area contributed by atoms with Crippen LogP contribution in [0.1, 0.15) is 112 Å². The van der Waals surface area contributed by atoms with Crippen LogP contribution in [0.2, 0.25) is 0 Å². The summed E-state index contributed by atoms with van der Waals surface area (Å²) in [4.78, 5) is 70.0. The first kappa shape index (κ1) is 60.8. The van der Waals surface area contributed by atoms with Crippen molar-refractivity contribution in [2.24, 2.45) is 5.41 Å². The van der Waals surface area contributed by atoms with E-state index in [-0.39, 0.29) is 56.4 Å². The van der Waals surface area contributed by atoms with Crippen molar-refractivity contribution in [2.45, 2.75) is 116 Å². The van der Waals surface area contributed by atoms with Crippen LogP contribution in [-0.4, -0.2) is 130 Å². The highest BCUT2D eigenvalue weighted by Gasteiger charge is 2.44. The zero-order valence-electron chi connectivity index (χ0n) is 46.3. The van der Waals surface area contributed by atoms with Crippen LogP contribution in [0.5, 0.6) is 5.75 Å². The van der Waals surface area contributed by atoms with Crippen molar-refractivity contribution in [1.82, 2.24) is 51.3 Å². The number of ether oxygens (including phenoxy) is 3. The summed E-state index contributed by atoms with van der Waals surface area (Å²) in [5.41, 5.74) is 6.71. The van der Waals surface area contributed by atoms with Crippen molar-refractivity contribution < 1.29 is 38.5 Å². The van der Waals surface area contributed by atoms with Crippen LogP contribution in [0, 0.1) is 12.3 Å². The maximum Gasteiger partial charge on any atom is 0.251 e. The lowest BCUT2D eigenvalue weighted by Crippen LogP contribution is -2.58. The van der Waals surface area contributed by atoms with Gasteiger partial charge in [-0.3, -0.25) is 29.3 Å². The maximum atomic E-state index is 14.0. The largest absolute Gasteiger partial charge is 0.494 e. The predicted octanol–water partition coefficient (Wildman–Crippen LogP) is 7.68. The number of aromatic amines is 1. The van der Waals surface area contributed by atoms with Crippen molar-refractivity contribution in [1.29, 1.82) is 0 Å². The number of aryl methyl sites for hydroxylation is 1. The minimum absolute atomic E-state index is 0. The smallest absolute Gasteiger partial charge is 0.251 e. The second-order valence-electron chi connectivity index (χ2n) is 21.4. The summed E-state index contributed by atoms with van der Waals surface area (Å²) in [5, 5.41) is 34.4. The molecule has 21 heteroatoms. The topological polar surface area (TPSA) is 247 Å². The number of hydrogen-bond acceptors (Lipinski definition) is 15. The van der Waals surface area contributed by atoms with E-state index in [1.165, 1.54) is 4.90 Å². The number of thiazole rings is 1. The summed E-state index contributed by atoms with van der Waals surface area (Å²) in [6.07, 6.45) is 7.45. The molecule has 0 aliphatic carbocycles. The van der Waals surface area contributed by atoms with Gasteiger partial charge in [-0.05, 0) is 130 Å². The van der Waals surface area contributed by atoms with Gasteiger partial charge in [0, 0.05) is 68.5 Å². The molecule has 5 heterocycles. The SMILES string of the molecule is Cc1ncsc1-c1ccc(CNC(=O)[C@@H]2C[C@@H](O)CN2C(=O)[C@@H](NC(=O)COCCCOCCCCCOc2cccc([C@H](C)NC(=O)c3cccc(NC4(c5nc(-c6ccncc6)n[nH]5)CCNCC4)c3)c2)C(C)(C)C)cc1.Cl. The molecule has 4 amide bonds. The fraction of sp³-hybridized carbons (Fsp3) is 0.458. The number of aliphatic hydroxyl groups is 1. The van der Waals surface area contributed by atoms with Gasteiger partial charge in [0.15, 0.2) is 11.6 Å². The molecule has 6 aromatic rings. The normalized spacial score (nSPS) is 16.7. The third-order valence-corrected chi connectivity index (χ3v) is 15.2. The Hall–Kier alpha value is -6.81. The van der Waals surface area contributed by atoms with Gasteiger partial charge in [0.25, 0.3) is 5.91 Å². The number of rotatable bonds is 26. The minimum Gasteiger partial charge on any atom is -0.494 e. The van der Waals surface area contributed by atoms with Crippen LogP contribution < -0.4 is 31.3 Å². The molecular weight excluding hydrogens is 1060 g/mol. The van der Waals surface area contributed by atoms with Crippen LogP contribution in [0.4, 0.5) is 5.69 Å². The number of likely N-dealkylation sites (tertiary alicyclic amines) is 1. The highest BCUT2D eigenvalue weighted by Crippen LogP contribution is 2.35. The number of pyridine rings is 1. The first-order valence-corrected chi connectivity index (χ1v) is 28.2. The highest BCUT2D eigenvalue weighted by molar-refractivity contribution is 7.13. The van der Waals surface area contributed by atoms with Crippen molar-refractivity contribution >= 4 is 53.1 Å². The number of aromatic nitrogens is 5. The number of halogens is 1. The molecule has 19 nitrogen and oxygen atoms in total. The monoisotopic (exact) mass is 1130 g/mol. The summed E-state index contributed by atoms with van der Waals surface area (Å²) in [5.74, 6) is 0.668. The van der Waals surface area contributed by atoms with E-state index in [0.717, 1.165) is 95.3 Å². The molecule has 80 heavy (non-hydrogen) atoms. The van der Waals surface area contributed by atoms with Gasteiger partial charge in [-0.25, -0.2) is 9.97 Å². The van der Waals surface area contributed by atoms with E-state index < -0.39 is 41.0 Å². The number of anilines is 1. The van der Waals surface area contributed by atoms with Gasteiger partial charge in [-0.2, -0.15) is 5.10 Å². The van der Waals surface area contributed by atoms with Crippen molar-refractivity contribution in [3.8, 4) is 27.6 Å². The zero-order chi connectivity index (χ0) is 55.8. The van der Waals surface area contributed by atoms with E-state index in [1.807, 2.05) is 125 Å². The molecule has 0 radical (unpaired) electrons. The summed E-state index contributed by atoms with van der Waals surface area (Å²) < 4.78 is 17.6. The minimum atomic E-state index is -0.951. The molecule has 0 spiro atoms. The molecule has 0 bridgehead atoms. The summed E-state index contributed by atoms with van der Waals surface area (Å²) >= 11 is 1.57. The number of H-pyrrole nitrogens is 1. The van der Waals surface area contributed by atoms with E-state index in [2.05, 4.69) is 46.7 Å². The van der Waals surface area contributed by atoms with Crippen LogP contribution in [0.3, 0.4) is 0 Å². The Morgan fingerprint density at radius 3 is 2.36 bits per heavy atom. The Morgan fingerprint density at radius 1 is 0.875 bits per heavy atom. The fourth-order valence-electron chi connectivity index (χ4n) is 9.82. The number of nitrogens with one attached hydrogen (secondary N) is 6. The Balaban J connectivity index is 0.00000924. The Morgan fingerprint density at radius 2 is 1.61 bits per heavy atom. The molecule has 2 aliphatic rings. The molecule has 8 rings (SSSR count). The van der Waals surface area contributed by atoms with Crippen LogP contribution in [0.15, 0.2) is 103 Å². The molecule has 0 saturated carbocycles. The molecule has 7 N–H and O–H groups in total. The van der Waals surface area contributed by atoms with Crippen molar-refractivity contribution in [3.05, 3.63) is 131 Å². The number of amides is 4. The standard InChI is InChI=1S/C59H75N11O8S.ClH/c1-39(64-54(73)45-13-9-14-46(32-45)67-59(22-26-61-27-23-59)57-66-53(68-69-57)43-20-24-60-25-21-43)44-12-10-15-48(33-44)78-31-8-6-7-28-76-29-11-30-77-37-50(72)65-52(58(3,4)5)56(75)70-36-47(71)34-49(70)55(74)62-35-41-16-18-42(19-17-41)51-40(2)63-38-79-51;/h9-10,12-21,24-25,32-33,38-39,47,49,52,61,67,71H,6-8,11,22-23,26-31,34-37H2,1-5H3,(H,62,74)(H,64,73)(H,65,72)(H,66,68,69);1H/t39-,47+,49-,52+;/m0./s1. The molecular formula is C59H76ClN11O8S. The molecule has 3 aromatic carbocycles. The lowest BCUT2D eigenvalue weighted by atomic mass is 9.85.